The first kappa shape index (κ1) is 15.5. The van der Waals surface area contributed by atoms with Gasteiger partial charge in [0.1, 0.15) is 0 Å². The van der Waals surface area contributed by atoms with Gasteiger partial charge in [-0.1, -0.05) is 12.1 Å². The van der Waals surface area contributed by atoms with Crippen LogP contribution in [0, 0.1) is 17.2 Å². The van der Waals surface area contributed by atoms with E-state index in [0.717, 1.165) is 24.4 Å². The SMILES string of the molecule is CN1CCC(CCNC(=O)Cc2ccc(C#N)cc2)CC1. The summed E-state index contributed by atoms with van der Waals surface area (Å²) in [5, 5.41) is 11.7. The normalized spacial score (nSPS) is 16.4. The van der Waals surface area contributed by atoms with Crippen molar-refractivity contribution < 1.29 is 4.79 Å². The van der Waals surface area contributed by atoms with Crippen molar-refractivity contribution >= 4 is 5.91 Å². The quantitative estimate of drug-likeness (QED) is 0.899. The second kappa shape index (κ2) is 7.80. The Morgan fingerprint density at radius 2 is 2.00 bits per heavy atom. The molecule has 1 saturated heterocycles. The van der Waals surface area contributed by atoms with E-state index in [4.69, 9.17) is 5.26 Å². The standard InChI is InChI=1S/C17H23N3O/c1-20-10-7-14(8-11-20)6-9-19-17(21)12-15-2-4-16(13-18)5-3-15/h2-5,14H,6-12H2,1H3,(H,19,21). The van der Waals surface area contributed by atoms with Gasteiger partial charge in [0.2, 0.25) is 5.91 Å². The minimum atomic E-state index is 0.0626. The molecule has 0 unspecified atom stereocenters. The van der Waals surface area contributed by atoms with Crippen molar-refractivity contribution in [3.8, 4) is 6.07 Å². The van der Waals surface area contributed by atoms with E-state index in [1.807, 2.05) is 12.1 Å². The van der Waals surface area contributed by atoms with E-state index in [2.05, 4.69) is 23.3 Å². The molecule has 112 valence electrons. The Hall–Kier alpha value is -1.86. The first-order valence-corrected chi connectivity index (χ1v) is 7.61. The molecule has 0 atom stereocenters. The number of nitriles is 1. The first-order chi connectivity index (χ1) is 10.2. The van der Waals surface area contributed by atoms with Crippen LogP contribution in [0.25, 0.3) is 0 Å². The highest BCUT2D eigenvalue weighted by Gasteiger charge is 2.16. The molecule has 4 heteroatoms. The third-order valence-electron chi connectivity index (χ3n) is 4.16. The number of carbonyl (C=O) groups excluding carboxylic acids is 1. The Bertz CT molecular complexity index is 496. The van der Waals surface area contributed by atoms with Crippen molar-refractivity contribution in [1.82, 2.24) is 10.2 Å². The fourth-order valence-electron chi connectivity index (χ4n) is 2.71. The topological polar surface area (TPSA) is 56.1 Å². The maximum atomic E-state index is 11.9. The van der Waals surface area contributed by atoms with E-state index >= 15 is 0 Å². The van der Waals surface area contributed by atoms with Crippen molar-refractivity contribution in [3.05, 3.63) is 35.4 Å². The lowest BCUT2D eigenvalue weighted by atomic mass is 9.94. The van der Waals surface area contributed by atoms with Gasteiger partial charge in [0.05, 0.1) is 18.1 Å². The molecule has 1 aliphatic rings. The van der Waals surface area contributed by atoms with Crippen LogP contribution in [0.4, 0.5) is 0 Å². The van der Waals surface area contributed by atoms with Gasteiger partial charge >= 0.3 is 0 Å². The fraction of sp³-hybridized carbons (Fsp3) is 0.529. The van der Waals surface area contributed by atoms with Gasteiger partial charge in [0, 0.05) is 6.54 Å². The summed E-state index contributed by atoms with van der Waals surface area (Å²) in [6.07, 6.45) is 3.94. The summed E-state index contributed by atoms with van der Waals surface area (Å²) in [5.41, 5.74) is 1.58. The van der Waals surface area contributed by atoms with E-state index < -0.39 is 0 Å². The van der Waals surface area contributed by atoms with Crippen molar-refractivity contribution in [2.45, 2.75) is 25.7 Å². The highest BCUT2D eigenvalue weighted by atomic mass is 16.1. The summed E-state index contributed by atoms with van der Waals surface area (Å²) in [6, 6.07) is 9.26. The maximum Gasteiger partial charge on any atom is 0.224 e. The molecule has 1 amide bonds. The van der Waals surface area contributed by atoms with Gasteiger partial charge in [0.15, 0.2) is 0 Å². The second-order valence-electron chi connectivity index (χ2n) is 5.87. The van der Waals surface area contributed by atoms with Crippen LogP contribution in [0.15, 0.2) is 24.3 Å². The molecule has 0 radical (unpaired) electrons. The maximum absolute atomic E-state index is 11.9. The third-order valence-corrected chi connectivity index (χ3v) is 4.16. The lowest BCUT2D eigenvalue weighted by Crippen LogP contribution is -2.33. The molecule has 1 heterocycles. The van der Waals surface area contributed by atoms with Crippen LogP contribution >= 0.6 is 0 Å². The summed E-state index contributed by atoms with van der Waals surface area (Å²) >= 11 is 0. The number of likely N-dealkylation sites (tertiary alicyclic amines) is 1. The zero-order chi connectivity index (χ0) is 15.1. The monoisotopic (exact) mass is 285 g/mol. The molecule has 0 aromatic heterocycles. The molecule has 1 aromatic carbocycles. The summed E-state index contributed by atoms with van der Waals surface area (Å²) < 4.78 is 0. The largest absolute Gasteiger partial charge is 0.356 e. The van der Waals surface area contributed by atoms with Gasteiger partial charge in [0.25, 0.3) is 0 Å². The van der Waals surface area contributed by atoms with Crippen LogP contribution < -0.4 is 5.32 Å². The molecule has 1 N–H and O–H groups in total. The smallest absolute Gasteiger partial charge is 0.224 e. The van der Waals surface area contributed by atoms with Gasteiger partial charge in [-0.2, -0.15) is 5.26 Å². The summed E-state index contributed by atoms with van der Waals surface area (Å²) in [7, 11) is 2.16. The molecule has 2 rings (SSSR count). The molecule has 21 heavy (non-hydrogen) atoms. The number of nitrogens with zero attached hydrogens (tertiary/aromatic N) is 2. The Morgan fingerprint density at radius 1 is 1.33 bits per heavy atom. The molecule has 0 bridgehead atoms. The molecule has 1 aromatic rings. The van der Waals surface area contributed by atoms with Gasteiger partial charge in [-0.25, -0.2) is 0 Å². The molecule has 0 saturated carbocycles. The minimum Gasteiger partial charge on any atom is -0.356 e. The number of amides is 1. The number of carbonyl (C=O) groups is 1. The van der Waals surface area contributed by atoms with Crippen LogP contribution in [0.2, 0.25) is 0 Å². The molecule has 4 nitrogen and oxygen atoms in total. The van der Waals surface area contributed by atoms with Gasteiger partial charge < -0.3 is 10.2 Å². The van der Waals surface area contributed by atoms with Crippen LogP contribution in [-0.2, 0) is 11.2 Å². The summed E-state index contributed by atoms with van der Waals surface area (Å²) in [6.45, 7) is 3.11. The number of rotatable bonds is 5. The van der Waals surface area contributed by atoms with Crippen LogP contribution in [0.1, 0.15) is 30.4 Å². The zero-order valence-electron chi connectivity index (χ0n) is 12.6. The lowest BCUT2D eigenvalue weighted by Gasteiger charge is -2.28. The molecular formula is C17H23N3O. The van der Waals surface area contributed by atoms with Crippen molar-refractivity contribution in [3.63, 3.8) is 0 Å². The van der Waals surface area contributed by atoms with Crippen LogP contribution in [0.3, 0.4) is 0 Å². The average molecular weight is 285 g/mol. The van der Waals surface area contributed by atoms with Gasteiger partial charge in [-0.15, -0.1) is 0 Å². The lowest BCUT2D eigenvalue weighted by molar-refractivity contribution is -0.120. The average Bonchev–Trinajstić information content (AvgIpc) is 2.50. The first-order valence-electron chi connectivity index (χ1n) is 7.61. The third kappa shape index (κ3) is 5.20. The molecule has 1 aliphatic heterocycles. The van der Waals surface area contributed by atoms with Crippen molar-refractivity contribution in [2.75, 3.05) is 26.7 Å². The summed E-state index contributed by atoms with van der Waals surface area (Å²) in [5.74, 6) is 0.809. The van der Waals surface area contributed by atoms with Crippen molar-refractivity contribution in [2.24, 2.45) is 5.92 Å². The molecule has 0 aliphatic carbocycles. The second-order valence-corrected chi connectivity index (χ2v) is 5.87. The fourth-order valence-corrected chi connectivity index (χ4v) is 2.71. The number of nitrogens with one attached hydrogen (secondary N) is 1. The minimum absolute atomic E-state index is 0.0626. The van der Waals surface area contributed by atoms with Crippen molar-refractivity contribution in [1.29, 1.82) is 5.26 Å². The molecule has 0 spiro atoms. The summed E-state index contributed by atoms with van der Waals surface area (Å²) in [4.78, 5) is 14.2. The number of hydrogen-bond donors (Lipinski definition) is 1. The Balaban J connectivity index is 1.66. The van der Waals surface area contributed by atoms with E-state index in [9.17, 15) is 4.79 Å². The highest BCUT2D eigenvalue weighted by Crippen LogP contribution is 2.18. The predicted molar refractivity (Wildman–Crippen MR) is 82.7 cm³/mol. The Labute approximate surface area is 126 Å². The predicted octanol–water partition coefficient (Wildman–Crippen LogP) is 1.95. The Morgan fingerprint density at radius 3 is 2.62 bits per heavy atom. The number of benzene rings is 1. The van der Waals surface area contributed by atoms with E-state index in [1.54, 1.807) is 12.1 Å². The molecule has 1 fully saturated rings. The number of piperidine rings is 1. The van der Waals surface area contributed by atoms with Crippen LogP contribution in [-0.4, -0.2) is 37.5 Å². The molecular weight excluding hydrogens is 262 g/mol. The zero-order valence-corrected chi connectivity index (χ0v) is 12.6. The highest BCUT2D eigenvalue weighted by molar-refractivity contribution is 5.78. The van der Waals surface area contributed by atoms with E-state index in [0.29, 0.717) is 12.0 Å². The van der Waals surface area contributed by atoms with Gasteiger partial charge in [-0.05, 0) is 63.0 Å². The van der Waals surface area contributed by atoms with E-state index in [1.165, 1.54) is 25.9 Å². The number of hydrogen-bond acceptors (Lipinski definition) is 3. The van der Waals surface area contributed by atoms with Gasteiger partial charge in [-0.3, -0.25) is 4.79 Å². The van der Waals surface area contributed by atoms with Crippen LogP contribution in [0.5, 0.6) is 0 Å². The van der Waals surface area contributed by atoms with E-state index in [-0.39, 0.29) is 5.91 Å². The Kier molecular flexibility index (Phi) is 5.77.